The minimum Gasteiger partial charge on any atom is -0.496 e. The summed E-state index contributed by atoms with van der Waals surface area (Å²) in [6.45, 7) is 0. The summed E-state index contributed by atoms with van der Waals surface area (Å²) >= 11 is 0. The third-order valence-corrected chi connectivity index (χ3v) is 4.82. The molecule has 0 bridgehead atoms. The summed E-state index contributed by atoms with van der Waals surface area (Å²) in [6, 6.07) is 13.8. The van der Waals surface area contributed by atoms with Crippen molar-refractivity contribution in [3.8, 4) is 11.5 Å². The highest BCUT2D eigenvalue weighted by Gasteiger charge is 2.44. The SMILES string of the molecule is COc1ccccc1C(O)(C(=O)NN=C1CCCC1)c1ccccc1OC. The molecule has 27 heavy (non-hydrogen) atoms. The fraction of sp³-hybridized carbons (Fsp3) is 0.333. The third kappa shape index (κ3) is 3.66. The normalized spacial score (nSPS) is 14.0. The number of hydrazone groups is 1. The Kier molecular flexibility index (Phi) is 5.76. The maximum Gasteiger partial charge on any atom is 0.281 e. The van der Waals surface area contributed by atoms with Crippen LogP contribution in [0.1, 0.15) is 36.8 Å². The van der Waals surface area contributed by atoms with Crippen LogP contribution < -0.4 is 14.9 Å². The van der Waals surface area contributed by atoms with Crippen molar-refractivity contribution >= 4 is 11.6 Å². The van der Waals surface area contributed by atoms with Crippen LogP contribution in [0.25, 0.3) is 0 Å². The maximum absolute atomic E-state index is 13.2. The van der Waals surface area contributed by atoms with Crippen LogP contribution in [0.3, 0.4) is 0 Å². The molecule has 1 aliphatic carbocycles. The van der Waals surface area contributed by atoms with Gasteiger partial charge in [0.15, 0.2) is 0 Å². The van der Waals surface area contributed by atoms with Crippen molar-refractivity contribution in [3.05, 3.63) is 59.7 Å². The zero-order valence-electron chi connectivity index (χ0n) is 15.6. The number of rotatable bonds is 6. The zero-order valence-corrected chi connectivity index (χ0v) is 15.6. The van der Waals surface area contributed by atoms with Gasteiger partial charge in [-0.05, 0) is 37.8 Å². The molecule has 0 aliphatic heterocycles. The van der Waals surface area contributed by atoms with Crippen molar-refractivity contribution in [2.75, 3.05) is 14.2 Å². The molecule has 1 fully saturated rings. The number of nitrogens with zero attached hydrogens (tertiary/aromatic N) is 1. The third-order valence-electron chi connectivity index (χ3n) is 4.82. The van der Waals surface area contributed by atoms with E-state index < -0.39 is 11.5 Å². The molecule has 1 amide bonds. The van der Waals surface area contributed by atoms with E-state index in [0.29, 0.717) is 22.6 Å². The lowest BCUT2D eigenvalue weighted by atomic mass is 9.84. The van der Waals surface area contributed by atoms with Gasteiger partial charge in [0.2, 0.25) is 5.60 Å². The molecule has 0 aromatic heterocycles. The number of benzene rings is 2. The molecule has 2 aromatic rings. The number of nitrogens with one attached hydrogen (secondary N) is 1. The van der Waals surface area contributed by atoms with Crippen molar-refractivity contribution in [2.24, 2.45) is 5.10 Å². The molecule has 1 saturated carbocycles. The molecule has 0 radical (unpaired) electrons. The number of para-hydroxylation sites is 2. The van der Waals surface area contributed by atoms with Crippen LogP contribution in [0.15, 0.2) is 53.6 Å². The van der Waals surface area contributed by atoms with Gasteiger partial charge in [-0.1, -0.05) is 36.4 Å². The van der Waals surface area contributed by atoms with Crippen LogP contribution in [-0.2, 0) is 10.4 Å². The lowest BCUT2D eigenvalue weighted by Crippen LogP contribution is -2.44. The molecule has 6 nitrogen and oxygen atoms in total. The fourth-order valence-corrected chi connectivity index (χ4v) is 3.38. The smallest absolute Gasteiger partial charge is 0.281 e. The molecule has 0 spiro atoms. The molecule has 2 aromatic carbocycles. The van der Waals surface area contributed by atoms with Crippen LogP contribution >= 0.6 is 0 Å². The first-order valence-corrected chi connectivity index (χ1v) is 8.96. The van der Waals surface area contributed by atoms with Gasteiger partial charge in [0.05, 0.1) is 14.2 Å². The summed E-state index contributed by atoms with van der Waals surface area (Å²) in [7, 11) is 3.00. The summed E-state index contributed by atoms with van der Waals surface area (Å²) in [6.07, 6.45) is 3.86. The van der Waals surface area contributed by atoms with E-state index in [2.05, 4.69) is 10.5 Å². The highest BCUT2D eigenvalue weighted by atomic mass is 16.5. The lowest BCUT2D eigenvalue weighted by Gasteiger charge is -2.29. The van der Waals surface area contributed by atoms with Gasteiger partial charge >= 0.3 is 0 Å². The molecule has 142 valence electrons. The molecule has 6 heteroatoms. The largest absolute Gasteiger partial charge is 0.496 e. The van der Waals surface area contributed by atoms with E-state index in [4.69, 9.17) is 9.47 Å². The van der Waals surface area contributed by atoms with E-state index in [9.17, 15) is 9.90 Å². The Bertz CT molecular complexity index is 792. The van der Waals surface area contributed by atoms with E-state index in [1.165, 1.54) is 14.2 Å². The van der Waals surface area contributed by atoms with Gasteiger partial charge in [-0.3, -0.25) is 4.79 Å². The predicted octanol–water partition coefficient (Wildman–Crippen LogP) is 2.99. The summed E-state index contributed by atoms with van der Waals surface area (Å²) in [5.74, 6) is 0.139. The van der Waals surface area contributed by atoms with Crippen molar-refractivity contribution in [1.29, 1.82) is 0 Å². The van der Waals surface area contributed by atoms with Gasteiger partial charge in [-0.2, -0.15) is 5.10 Å². The number of carbonyl (C=O) groups excluding carboxylic acids is 1. The molecule has 0 unspecified atom stereocenters. The number of hydrogen-bond donors (Lipinski definition) is 2. The minimum atomic E-state index is -2.03. The topological polar surface area (TPSA) is 80.2 Å². The van der Waals surface area contributed by atoms with Crippen LogP contribution in [-0.4, -0.2) is 30.9 Å². The second-order valence-electron chi connectivity index (χ2n) is 6.44. The molecule has 0 heterocycles. The van der Waals surface area contributed by atoms with Crippen molar-refractivity contribution in [2.45, 2.75) is 31.3 Å². The second kappa shape index (κ2) is 8.22. The Morgan fingerprint density at radius 3 is 1.93 bits per heavy atom. The predicted molar refractivity (Wildman–Crippen MR) is 103 cm³/mol. The lowest BCUT2D eigenvalue weighted by molar-refractivity contribution is -0.136. The van der Waals surface area contributed by atoms with Gasteiger partial charge in [-0.15, -0.1) is 0 Å². The Morgan fingerprint density at radius 2 is 1.44 bits per heavy atom. The average Bonchev–Trinajstić information content (AvgIpc) is 3.25. The molecule has 0 atom stereocenters. The Morgan fingerprint density at radius 1 is 0.963 bits per heavy atom. The molecule has 1 aliphatic rings. The fourth-order valence-electron chi connectivity index (χ4n) is 3.38. The van der Waals surface area contributed by atoms with Crippen LogP contribution in [0.2, 0.25) is 0 Å². The highest BCUT2D eigenvalue weighted by molar-refractivity contribution is 5.93. The molecule has 2 N–H and O–H groups in total. The van der Waals surface area contributed by atoms with Gasteiger partial charge in [0.25, 0.3) is 5.91 Å². The standard InChI is InChI=1S/C21H24N2O4/c1-26-18-13-7-5-11-16(18)21(25,17-12-6-8-14-19(17)27-2)20(24)23-22-15-9-3-4-10-15/h5-8,11-14,25H,3-4,9-10H2,1-2H3,(H,23,24). The van der Waals surface area contributed by atoms with Gasteiger partial charge in [0.1, 0.15) is 11.5 Å². The zero-order chi connectivity index (χ0) is 19.3. The summed E-state index contributed by atoms with van der Waals surface area (Å²) in [4.78, 5) is 13.2. The van der Waals surface area contributed by atoms with Crippen molar-refractivity contribution < 1.29 is 19.4 Å². The maximum atomic E-state index is 13.2. The van der Waals surface area contributed by atoms with E-state index in [0.717, 1.165) is 31.4 Å². The number of carbonyl (C=O) groups is 1. The molecular weight excluding hydrogens is 344 g/mol. The highest BCUT2D eigenvalue weighted by Crippen LogP contribution is 2.40. The first kappa shape index (κ1) is 18.9. The van der Waals surface area contributed by atoms with Crippen molar-refractivity contribution in [1.82, 2.24) is 5.43 Å². The Hall–Kier alpha value is -2.86. The van der Waals surface area contributed by atoms with Crippen LogP contribution in [0.5, 0.6) is 11.5 Å². The number of aliphatic hydroxyl groups is 1. The number of hydrogen-bond acceptors (Lipinski definition) is 5. The summed E-state index contributed by atoms with van der Waals surface area (Å²) in [5.41, 5.74) is 2.10. The quantitative estimate of drug-likeness (QED) is 0.768. The first-order chi connectivity index (χ1) is 13.1. The molecular formula is C21H24N2O4. The monoisotopic (exact) mass is 368 g/mol. The number of amides is 1. The van der Waals surface area contributed by atoms with E-state index >= 15 is 0 Å². The number of methoxy groups -OCH3 is 2. The van der Waals surface area contributed by atoms with E-state index in [1.807, 2.05) is 0 Å². The van der Waals surface area contributed by atoms with Gasteiger partial charge < -0.3 is 14.6 Å². The summed E-state index contributed by atoms with van der Waals surface area (Å²) in [5, 5.41) is 15.9. The van der Waals surface area contributed by atoms with Gasteiger partial charge in [-0.25, -0.2) is 5.43 Å². The van der Waals surface area contributed by atoms with E-state index in [1.54, 1.807) is 48.5 Å². The van der Waals surface area contributed by atoms with Gasteiger partial charge in [0, 0.05) is 16.8 Å². The molecule has 0 saturated heterocycles. The summed E-state index contributed by atoms with van der Waals surface area (Å²) < 4.78 is 10.8. The van der Waals surface area contributed by atoms with E-state index in [-0.39, 0.29) is 0 Å². The first-order valence-electron chi connectivity index (χ1n) is 8.96. The average molecular weight is 368 g/mol. The number of ether oxygens (including phenoxy) is 2. The molecule has 3 rings (SSSR count). The second-order valence-corrected chi connectivity index (χ2v) is 6.44. The van der Waals surface area contributed by atoms with Crippen LogP contribution in [0, 0.1) is 0 Å². The Balaban J connectivity index is 2.11. The van der Waals surface area contributed by atoms with Crippen molar-refractivity contribution in [3.63, 3.8) is 0 Å². The minimum absolute atomic E-state index is 0.320. The van der Waals surface area contributed by atoms with Crippen LogP contribution in [0.4, 0.5) is 0 Å². The Labute approximate surface area is 158 Å².